The molecule has 112 valence electrons. The van der Waals surface area contributed by atoms with E-state index in [2.05, 4.69) is 0 Å². The molecule has 2 heterocycles. The molecule has 9 heteroatoms. The Morgan fingerprint density at radius 3 is 2.47 bits per heavy atom. The second kappa shape index (κ2) is 5.60. The molecule has 19 heavy (non-hydrogen) atoms. The van der Waals surface area contributed by atoms with Crippen molar-refractivity contribution in [2.24, 2.45) is 0 Å². The number of hydrogen-bond donors (Lipinski definition) is 3. The fourth-order valence-corrected chi connectivity index (χ4v) is 3.07. The van der Waals surface area contributed by atoms with Crippen LogP contribution in [0.15, 0.2) is 0 Å². The molecule has 0 aromatic heterocycles. The second-order valence-electron chi connectivity index (χ2n) is 4.86. The summed E-state index contributed by atoms with van der Waals surface area (Å²) in [5, 5.41) is 28.6. The molecule has 6 atom stereocenters. The van der Waals surface area contributed by atoms with Crippen LogP contribution in [-0.4, -0.2) is 85.8 Å². The van der Waals surface area contributed by atoms with Gasteiger partial charge in [-0.3, -0.25) is 0 Å². The number of ether oxygens (including phenoxy) is 3. The smallest absolute Gasteiger partial charge is 0.187 e. The summed E-state index contributed by atoms with van der Waals surface area (Å²) in [7, 11) is -3.24. The number of hydrogen-bond acceptors (Lipinski definition) is 8. The molecule has 3 N–H and O–H groups in total. The molecule has 2 aliphatic heterocycles. The predicted molar refractivity (Wildman–Crippen MR) is 62.1 cm³/mol. The Bertz CT molecular complexity index is 408. The summed E-state index contributed by atoms with van der Waals surface area (Å²) < 4.78 is 38.3. The molecule has 0 bridgehead atoms. The molecule has 0 aliphatic carbocycles. The standard InChI is InChI=1S/C10H18O8S/c1-19(14,15)4-5-3-16-10-9(17-5)8(13)7(12)6(2-11)18-10/h5-13H,2-4H2,1H3. The Hall–Kier alpha value is -0.290. The molecule has 0 aromatic carbocycles. The lowest BCUT2D eigenvalue weighted by molar-refractivity contribution is -0.346. The van der Waals surface area contributed by atoms with Crippen LogP contribution in [0.25, 0.3) is 0 Å². The van der Waals surface area contributed by atoms with Gasteiger partial charge in [-0.1, -0.05) is 0 Å². The van der Waals surface area contributed by atoms with Gasteiger partial charge in [0.25, 0.3) is 0 Å². The van der Waals surface area contributed by atoms with Crippen LogP contribution in [-0.2, 0) is 24.0 Å². The Morgan fingerprint density at radius 1 is 1.21 bits per heavy atom. The minimum atomic E-state index is -3.24. The largest absolute Gasteiger partial charge is 0.394 e. The van der Waals surface area contributed by atoms with Crippen molar-refractivity contribution >= 4 is 9.84 Å². The van der Waals surface area contributed by atoms with Gasteiger partial charge in [-0.25, -0.2) is 8.42 Å². The predicted octanol–water partition coefficient (Wildman–Crippen LogP) is -2.75. The van der Waals surface area contributed by atoms with E-state index < -0.39 is 53.3 Å². The van der Waals surface area contributed by atoms with Crippen molar-refractivity contribution in [1.82, 2.24) is 0 Å². The van der Waals surface area contributed by atoms with Crippen LogP contribution in [0.4, 0.5) is 0 Å². The van der Waals surface area contributed by atoms with Crippen LogP contribution < -0.4 is 0 Å². The quantitative estimate of drug-likeness (QED) is 0.513. The SMILES string of the molecule is CS(=O)(=O)CC1COC2OC(CO)C(O)C(O)C2O1. The number of sulfone groups is 1. The number of rotatable bonds is 3. The summed E-state index contributed by atoms with van der Waals surface area (Å²) in [6.45, 7) is -0.452. The van der Waals surface area contributed by atoms with Crippen molar-refractivity contribution in [2.75, 3.05) is 25.2 Å². The number of aliphatic hydroxyl groups excluding tert-OH is 3. The van der Waals surface area contributed by atoms with Gasteiger partial charge in [-0.15, -0.1) is 0 Å². The lowest BCUT2D eigenvalue weighted by Crippen LogP contribution is -2.63. The molecule has 8 nitrogen and oxygen atoms in total. The average Bonchev–Trinajstić information content (AvgIpc) is 2.32. The molecule has 2 rings (SSSR count). The van der Waals surface area contributed by atoms with E-state index in [0.29, 0.717) is 0 Å². The van der Waals surface area contributed by atoms with E-state index >= 15 is 0 Å². The average molecular weight is 298 g/mol. The third-order valence-corrected chi connectivity index (χ3v) is 4.09. The van der Waals surface area contributed by atoms with Gasteiger partial charge in [0.2, 0.25) is 0 Å². The number of fused-ring (bicyclic) bond motifs is 1. The molecule has 0 amide bonds. The minimum absolute atomic E-state index is 0.00913. The first-order valence-corrected chi connectivity index (χ1v) is 7.95. The van der Waals surface area contributed by atoms with E-state index in [1.807, 2.05) is 0 Å². The normalized spacial score (nSPS) is 43.8. The van der Waals surface area contributed by atoms with Crippen LogP contribution >= 0.6 is 0 Å². The zero-order valence-electron chi connectivity index (χ0n) is 10.4. The highest BCUT2D eigenvalue weighted by molar-refractivity contribution is 7.90. The molecule has 2 aliphatic rings. The monoisotopic (exact) mass is 298 g/mol. The highest BCUT2D eigenvalue weighted by Crippen LogP contribution is 2.28. The van der Waals surface area contributed by atoms with Crippen molar-refractivity contribution in [3.8, 4) is 0 Å². The summed E-state index contributed by atoms with van der Waals surface area (Å²) in [5.41, 5.74) is 0. The molecule has 6 unspecified atom stereocenters. The van der Waals surface area contributed by atoms with E-state index in [4.69, 9.17) is 19.3 Å². The van der Waals surface area contributed by atoms with Crippen LogP contribution in [0, 0.1) is 0 Å². The van der Waals surface area contributed by atoms with Crippen LogP contribution in [0.5, 0.6) is 0 Å². The van der Waals surface area contributed by atoms with Gasteiger partial charge < -0.3 is 29.5 Å². The van der Waals surface area contributed by atoms with Gasteiger partial charge in [0, 0.05) is 6.26 Å². The van der Waals surface area contributed by atoms with Crippen LogP contribution in [0.1, 0.15) is 0 Å². The second-order valence-corrected chi connectivity index (χ2v) is 7.04. The fraction of sp³-hybridized carbons (Fsp3) is 1.00. The van der Waals surface area contributed by atoms with Gasteiger partial charge in [0.1, 0.15) is 34.3 Å². The van der Waals surface area contributed by atoms with Crippen molar-refractivity contribution in [3.05, 3.63) is 0 Å². The van der Waals surface area contributed by atoms with Crippen molar-refractivity contribution in [3.63, 3.8) is 0 Å². The molecule has 0 radical (unpaired) electrons. The van der Waals surface area contributed by atoms with E-state index in [1.54, 1.807) is 0 Å². The highest BCUT2D eigenvalue weighted by atomic mass is 32.2. The first-order chi connectivity index (χ1) is 8.81. The maximum Gasteiger partial charge on any atom is 0.187 e. The Balaban J connectivity index is 2.04. The minimum Gasteiger partial charge on any atom is -0.394 e. The van der Waals surface area contributed by atoms with E-state index in [0.717, 1.165) is 6.26 Å². The molecular formula is C10H18O8S. The molecular weight excluding hydrogens is 280 g/mol. The lowest BCUT2D eigenvalue weighted by atomic mass is 9.98. The van der Waals surface area contributed by atoms with Crippen molar-refractivity contribution in [1.29, 1.82) is 0 Å². The van der Waals surface area contributed by atoms with Crippen molar-refractivity contribution < 1.29 is 37.9 Å². The Kier molecular flexibility index (Phi) is 4.45. The zero-order chi connectivity index (χ0) is 14.2. The lowest BCUT2D eigenvalue weighted by Gasteiger charge is -2.45. The van der Waals surface area contributed by atoms with Gasteiger partial charge in [-0.05, 0) is 0 Å². The maximum absolute atomic E-state index is 11.2. The summed E-state index contributed by atoms with van der Waals surface area (Å²) in [6.07, 6.45) is -5.11. The maximum atomic E-state index is 11.2. The van der Waals surface area contributed by atoms with Gasteiger partial charge in [0.15, 0.2) is 6.29 Å². The Labute approximate surface area is 110 Å². The summed E-state index contributed by atoms with van der Waals surface area (Å²) >= 11 is 0. The van der Waals surface area contributed by atoms with Gasteiger partial charge in [-0.2, -0.15) is 0 Å². The fourth-order valence-electron chi connectivity index (χ4n) is 2.22. The van der Waals surface area contributed by atoms with Gasteiger partial charge in [0.05, 0.1) is 25.1 Å². The summed E-state index contributed by atoms with van der Waals surface area (Å²) in [6, 6.07) is 0. The van der Waals surface area contributed by atoms with Crippen molar-refractivity contribution in [2.45, 2.75) is 36.8 Å². The Morgan fingerprint density at radius 2 is 1.89 bits per heavy atom. The van der Waals surface area contributed by atoms with Gasteiger partial charge >= 0.3 is 0 Å². The third-order valence-electron chi connectivity index (χ3n) is 3.11. The third kappa shape index (κ3) is 3.43. The molecule has 0 saturated carbocycles. The molecule has 2 fully saturated rings. The first kappa shape index (κ1) is 15.1. The number of aliphatic hydroxyl groups is 3. The molecule has 0 spiro atoms. The zero-order valence-corrected chi connectivity index (χ0v) is 11.2. The van der Waals surface area contributed by atoms with Crippen LogP contribution in [0.2, 0.25) is 0 Å². The van der Waals surface area contributed by atoms with E-state index in [1.165, 1.54) is 0 Å². The molecule has 0 aromatic rings. The summed E-state index contributed by atoms with van der Waals surface area (Å²) in [5.74, 6) is -0.234. The highest BCUT2D eigenvalue weighted by Gasteiger charge is 2.48. The van der Waals surface area contributed by atoms with E-state index in [9.17, 15) is 18.6 Å². The van der Waals surface area contributed by atoms with E-state index in [-0.39, 0.29) is 12.4 Å². The first-order valence-electron chi connectivity index (χ1n) is 5.89. The van der Waals surface area contributed by atoms with Crippen LogP contribution in [0.3, 0.4) is 0 Å². The topological polar surface area (TPSA) is 123 Å². The summed E-state index contributed by atoms with van der Waals surface area (Å²) in [4.78, 5) is 0. The molecule has 2 saturated heterocycles.